The zero-order chi connectivity index (χ0) is 20.5. The summed E-state index contributed by atoms with van der Waals surface area (Å²) in [4.78, 5) is 30.5. The van der Waals surface area contributed by atoms with Crippen LogP contribution in [0.5, 0.6) is 0 Å². The number of aryl methyl sites for hydroxylation is 2. The van der Waals surface area contributed by atoms with Gasteiger partial charge in [0.1, 0.15) is 5.69 Å². The minimum Gasteiger partial charge on any atom is -0.366 e. The molecule has 0 unspecified atom stereocenters. The number of benzene rings is 2. The van der Waals surface area contributed by atoms with Crippen molar-refractivity contribution >= 4 is 44.0 Å². The van der Waals surface area contributed by atoms with Gasteiger partial charge < -0.3 is 4.90 Å². The molecule has 0 bridgehead atoms. The van der Waals surface area contributed by atoms with E-state index < -0.39 is 10.8 Å². The van der Waals surface area contributed by atoms with Gasteiger partial charge in [0.15, 0.2) is 5.13 Å². The van der Waals surface area contributed by atoms with Gasteiger partial charge in [-0.05, 0) is 62.4 Å². The third kappa shape index (κ3) is 3.93. The second kappa shape index (κ2) is 7.79. The minimum atomic E-state index is -0.412. The zero-order valence-corrected chi connectivity index (χ0v) is 17.2. The number of aromatic nitrogens is 1. The van der Waals surface area contributed by atoms with Crippen LogP contribution in [0.4, 0.5) is 16.5 Å². The molecule has 7 nitrogen and oxygen atoms in total. The van der Waals surface area contributed by atoms with Crippen LogP contribution >= 0.6 is 11.3 Å². The summed E-state index contributed by atoms with van der Waals surface area (Å²) in [5, 5.41) is 14.9. The number of fused-ring (bicyclic) bond motifs is 1. The molecule has 1 aliphatic heterocycles. The second-order valence-electron chi connectivity index (χ2n) is 7.41. The fourth-order valence-electron chi connectivity index (χ4n) is 3.81. The van der Waals surface area contributed by atoms with Gasteiger partial charge in [-0.3, -0.25) is 20.2 Å². The Kier molecular flexibility index (Phi) is 5.19. The summed E-state index contributed by atoms with van der Waals surface area (Å²) >= 11 is 1.40. The Hall–Kier alpha value is -3.00. The number of amides is 1. The molecule has 1 amide bonds. The topological polar surface area (TPSA) is 88.4 Å². The molecule has 1 aromatic heterocycles. The Labute approximate surface area is 172 Å². The molecular formula is C21H22N4O3S. The summed E-state index contributed by atoms with van der Waals surface area (Å²) in [5.74, 6) is -0.397. The molecule has 0 radical (unpaired) electrons. The number of anilines is 2. The summed E-state index contributed by atoms with van der Waals surface area (Å²) in [5.41, 5.74) is 3.86. The van der Waals surface area contributed by atoms with E-state index in [0.717, 1.165) is 53.7 Å². The number of rotatable bonds is 4. The lowest BCUT2D eigenvalue weighted by molar-refractivity contribution is -0.384. The predicted octanol–water partition coefficient (Wildman–Crippen LogP) is 5.06. The van der Waals surface area contributed by atoms with Crippen LogP contribution in [0.15, 0.2) is 30.3 Å². The molecule has 4 rings (SSSR count). The van der Waals surface area contributed by atoms with Gasteiger partial charge in [0.25, 0.3) is 11.6 Å². The average molecular weight is 410 g/mol. The van der Waals surface area contributed by atoms with Crippen molar-refractivity contribution in [3.63, 3.8) is 0 Å². The van der Waals surface area contributed by atoms with E-state index in [0.29, 0.717) is 10.8 Å². The Morgan fingerprint density at radius 2 is 1.93 bits per heavy atom. The Morgan fingerprint density at radius 1 is 1.17 bits per heavy atom. The van der Waals surface area contributed by atoms with Crippen molar-refractivity contribution in [3.8, 4) is 0 Å². The van der Waals surface area contributed by atoms with Crippen LogP contribution in [0.1, 0.15) is 40.7 Å². The van der Waals surface area contributed by atoms with Crippen LogP contribution in [0.25, 0.3) is 10.2 Å². The highest BCUT2D eigenvalue weighted by molar-refractivity contribution is 7.22. The number of nitrogens with zero attached hydrogens (tertiary/aromatic N) is 3. The first-order chi connectivity index (χ1) is 13.9. The quantitative estimate of drug-likeness (QED) is 0.479. The zero-order valence-electron chi connectivity index (χ0n) is 16.4. The summed E-state index contributed by atoms with van der Waals surface area (Å²) in [6, 6.07) is 8.78. The van der Waals surface area contributed by atoms with E-state index in [1.165, 1.54) is 17.4 Å². The fourth-order valence-corrected chi connectivity index (χ4v) is 4.84. The van der Waals surface area contributed by atoms with Crippen molar-refractivity contribution in [1.29, 1.82) is 0 Å². The number of carbonyl (C=O) groups is 1. The lowest BCUT2D eigenvalue weighted by Crippen LogP contribution is -2.30. The number of nitrogens with one attached hydrogen (secondary N) is 1. The standard InChI is InChI=1S/C21H22N4O3S/c1-13-10-14(2)19-18(11-13)29-21(22-19)23-20(26)15-6-7-16(17(12-15)25(27)28)24-8-4-3-5-9-24/h6-7,10-12H,3-5,8-9H2,1-2H3,(H,22,23,26). The normalized spacial score (nSPS) is 14.2. The van der Waals surface area contributed by atoms with Gasteiger partial charge in [-0.25, -0.2) is 4.98 Å². The van der Waals surface area contributed by atoms with E-state index in [1.54, 1.807) is 12.1 Å². The number of hydrogen-bond acceptors (Lipinski definition) is 6. The summed E-state index contributed by atoms with van der Waals surface area (Å²) in [7, 11) is 0. The van der Waals surface area contributed by atoms with Gasteiger partial charge in [-0.1, -0.05) is 17.4 Å². The van der Waals surface area contributed by atoms with E-state index in [9.17, 15) is 14.9 Å². The van der Waals surface area contributed by atoms with Crippen molar-refractivity contribution in [1.82, 2.24) is 4.98 Å². The molecule has 1 N–H and O–H groups in total. The first-order valence-electron chi connectivity index (χ1n) is 9.65. The Bertz CT molecular complexity index is 1100. The lowest BCUT2D eigenvalue weighted by Gasteiger charge is -2.28. The molecule has 1 fully saturated rings. The SMILES string of the molecule is Cc1cc(C)c2nc(NC(=O)c3ccc(N4CCCCC4)c([N+](=O)[O-])c3)sc2c1. The van der Waals surface area contributed by atoms with Crippen molar-refractivity contribution < 1.29 is 9.72 Å². The number of piperidine rings is 1. The number of hydrogen-bond donors (Lipinski definition) is 1. The smallest absolute Gasteiger partial charge is 0.293 e. The third-order valence-corrected chi connectivity index (χ3v) is 6.10. The highest BCUT2D eigenvalue weighted by atomic mass is 32.1. The second-order valence-corrected chi connectivity index (χ2v) is 8.44. The predicted molar refractivity (Wildman–Crippen MR) is 116 cm³/mol. The highest BCUT2D eigenvalue weighted by Crippen LogP contribution is 2.33. The third-order valence-electron chi connectivity index (χ3n) is 5.18. The summed E-state index contributed by atoms with van der Waals surface area (Å²) < 4.78 is 1.00. The Morgan fingerprint density at radius 3 is 2.66 bits per heavy atom. The minimum absolute atomic E-state index is 0.0321. The van der Waals surface area contributed by atoms with Crippen molar-refractivity contribution in [2.24, 2.45) is 0 Å². The van der Waals surface area contributed by atoms with Crippen LogP contribution in [0, 0.1) is 24.0 Å². The number of nitro benzene ring substituents is 1. The van der Waals surface area contributed by atoms with E-state index in [1.807, 2.05) is 24.8 Å². The molecule has 3 aromatic rings. The molecule has 0 saturated carbocycles. The summed E-state index contributed by atoms with van der Waals surface area (Å²) in [6.45, 7) is 5.62. The van der Waals surface area contributed by atoms with Crippen molar-refractivity contribution in [3.05, 3.63) is 57.1 Å². The van der Waals surface area contributed by atoms with Gasteiger partial charge >= 0.3 is 0 Å². The van der Waals surface area contributed by atoms with E-state index in [2.05, 4.69) is 16.4 Å². The van der Waals surface area contributed by atoms with E-state index in [-0.39, 0.29) is 11.3 Å². The van der Waals surface area contributed by atoms with Crippen molar-refractivity contribution in [2.75, 3.05) is 23.3 Å². The van der Waals surface area contributed by atoms with Crippen LogP contribution in [-0.2, 0) is 0 Å². The molecule has 8 heteroatoms. The molecule has 1 saturated heterocycles. The Balaban J connectivity index is 1.61. The van der Waals surface area contributed by atoms with Gasteiger partial charge in [0, 0.05) is 24.7 Å². The maximum atomic E-state index is 12.7. The van der Waals surface area contributed by atoms with Gasteiger partial charge in [-0.15, -0.1) is 0 Å². The highest BCUT2D eigenvalue weighted by Gasteiger charge is 2.23. The molecule has 29 heavy (non-hydrogen) atoms. The van der Waals surface area contributed by atoms with Crippen LogP contribution in [-0.4, -0.2) is 28.9 Å². The summed E-state index contributed by atoms with van der Waals surface area (Å²) in [6.07, 6.45) is 3.19. The monoisotopic (exact) mass is 410 g/mol. The van der Waals surface area contributed by atoms with E-state index >= 15 is 0 Å². The molecule has 0 aliphatic carbocycles. The maximum Gasteiger partial charge on any atom is 0.293 e. The van der Waals surface area contributed by atoms with Crippen molar-refractivity contribution in [2.45, 2.75) is 33.1 Å². The van der Waals surface area contributed by atoms with Crippen LogP contribution < -0.4 is 10.2 Å². The lowest BCUT2D eigenvalue weighted by atomic mass is 10.1. The maximum absolute atomic E-state index is 12.7. The average Bonchev–Trinajstić information content (AvgIpc) is 3.10. The van der Waals surface area contributed by atoms with Crippen LogP contribution in [0.2, 0.25) is 0 Å². The molecule has 0 spiro atoms. The van der Waals surface area contributed by atoms with Gasteiger partial charge in [-0.2, -0.15) is 0 Å². The first kappa shape index (κ1) is 19.3. The number of thiazole rings is 1. The molecule has 2 aromatic carbocycles. The molecule has 150 valence electrons. The molecule has 2 heterocycles. The molecule has 0 atom stereocenters. The van der Waals surface area contributed by atoms with Crippen LogP contribution in [0.3, 0.4) is 0 Å². The van der Waals surface area contributed by atoms with E-state index in [4.69, 9.17) is 0 Å². The van der Waals surface area contributed by atoms with Gasteiger partial charge in [0.2, 0.25) is 0 Å². The largest absolute Gasteiger partial charge is 0.366 e. The van der Waals surface area contributed by atoms with Gasteiger partial charge in [0.05, 0.1) is 15.1 Å². The number of nitro groups is 1. The number of carbonyl (C=O) groups excluding carboxylic acids is 1. The first-order valence-corrected chi connectivity index (χ1v) is 10.5. The molecule has 1 aliphatic rings. The fraction of sp³-hybridized carbons (Fsp3) is 0.333. The molecular weight excluding hydrogens is 388 g/mol.